The molecule has 0 aliphatic carbocycles. The number of aliphatic hydroxyl groups excluding tert-OH is 2. The number of amides is 1. The zero-order chi connectivity index (χ0) is 45.8. The van der Waals surface area contributed by atoms with Crippen molar-refractivity contribution in [1.82, 2.24) is 5.32 Å². The number of esters is 1. The smallest absolute Gasteiger partial charge is 0.305 e. The van der Waals surface area contributed by atoms with Gasteiger partial charge in [-0.15, -0.1) is 0 Å². The van der Waals surface area contributed by atoms with Gasteiger partial charge in [0.25, 0.3) is 0 Å². The maximum Gasteiger partial charge on any atom is 0.305 e. The van der Waals surface area contributed by atoms with E-state index in [1.165, 1.54) is 231 Å². The molecule has 0 heterocycles. The molecule has 2 atom stereocenters. The lowest BCUT2D eigenvalue weighted by atomic mass is 10.0. The fourth-order valence-corrected chi connectivity index (χ4v) is 8.93. The van der Waals surface area contributed by atoms with Crippen LogP contribution in [-0.4, -0.2) is 47.4 Å². The van der Waals surface area contributed by atoms with Gasteiger partial charge in [0.05, 0.1) is 25.4 Å². The van der Waals surface area contributed by atoms with Gasteiger partial charge in [0.15, 0.2) is 0 Å². The van der Waals surface area contributed by atoms with Gasteiger partial charge in [0.2, 0.25) is 5.91 Å². The van der Waals surface area contributed by atoms with Gasteiger partial charge in [-0.25, -0.2) is 0 Å². The van der Waals surface area contributed by atoms with Crippen LogP contribution in [0.4, 0.5) is 0 Å². The molecule has 6 nitrogen and oxygen atoms in total. The summed E-state index contributed by atoms with van der Waals surface area (Å²) in [5.74, 6) is -0.0947. The van der Waals surface area contributed by atoms with Crippen LogP contribution >= 0.6 is 0 Å². The number of carbonyl (C=O) groups is 2. The Hall–Kier alpha value is -1.40. The SMILES string of the molecule is CCCCCCCCCCCCCCCCCCC/C=C/C(O)C(CO)NC(=O)CCCCCCCCCCCCCOC(=O)CCCCCCCCCCCCCCCCCC. The average Bonchev–Trinajstić information content (AvgIpc) is 3.28. The quantitative estimate of drug-likeness (QED) is 0.0321. The lowest BCUT2D eigenvalue weighted by molar-refractivity contribution is -0.143. The molecule has 0 saturated heterocycles. The third kappa shape index (κ3) is 49.9. The molecule has 0 saturated carbocycles. The topological polar surface area (TPSA) is 95.9 Å². The van der Waals surface area contributed by atoms with Crippen LogP contribution in [0.2, 0.25) is 0 Å². The van der Waals surface area contributed by atoms with Crippen LogP contribution in [0.15, 0.2) is 12.2 Å². The van der Waals surface area contributed by atoms with E-state index in [9.17, 15) is 19.8 Å². The summed E-state index contributed by atoms with van der Waals surface area (Å²) in [7, 11) is 0. The van der Waals surface area contributed by atoms with Gasteiger partial charge in [-0.2, -0.15) is 0 Å². The van der Waals surface area contributed by atoms with Gasteiger partial charge in [-0.05, 0) is 32.1 Å². The average molecular weight is 891 g/mol. The first-order chi connectivity index (χ1) is 31.0. The molecule has 0 aromatic heterocycles. The minimum atomic E-state index is -0.856. The van der Waals surface area contributed by atoms with Gasteiger partial charge in [0.1, 0.15) is 0 Å². The van der Waals surface area contributed by atoms with Crippen molar-refractivity contribution in [2.45, 2.75) is 328 Å². The molecule has 0 aromatic rings. The first-order valence-corrected chi connectivity index (χ1v) is 28.5. The van der Waals surface area contributed by atoms with Gasteiger partial charge < -0.3 is 20.3 Å². The van der Waals surface area contributed by atoms with E-state index in [1.807, 2.05) is 6.08 Å². The van der Waals surface area contributed by atoms with Crippen molar-refractivity contribution in [3.05, 3.63) is 12.2 Å². The van der Waals surface area contributed by atoms with Crippen molar-refractivity contribution in [3.63, 3.8) is 0 Å². The lowest BCUT2D eigenvalue weighted by Gasteiger charge is -2.20. The number of hydrogen-bond acceptors (Lipinski definition) is 5. The van der Waals surface area contributed by atoms with E-state index in [0.29, 0.717) is 19.4 Å². The number of allylic oxidation sites excluding steroid dienone is 1. The van der Waals surface area contributed by atoms with Gasteiger partial charge in [0, 0.05) is 12.8 Å². The Morgan fingerprint density at radius 3 is 1.08 bits per heavy atom. The Bertz CT molecular complexity index is 939. The molecule has 1 amide bonds. The van der Waals surface area contributed by atoms with Crippen LogP contribution < -0.4 is 5.32 Å². The minimum Gasteiger partial charge on any atom is -0.466 e. The summed E-state index contributed by atoms with van der Waals surface area (Å²) < 4.78 is 5.47. The molecule has 63 heavy (non-hydrogen) atoms. The third-order valence-corrected chi connectivity index (χ3v) is 13.3. The molecule has 0 aliphatic heterocycles. The van der Waals surface area contributed by atoms with Crippen LogP contribution in [0.1, 0.15) is 316 Å². The van der Waals surface area contributed by atoms with Crippen molar-refractivity contribution in [1.29, 1.82) is 0 Å². The van der Waals surface area contributed by atoms with E-state index in [4.69, 9.17) is 4.74 Å². The second-order valence-electron chi connectivity index (χ2n) is 19.6. The maximum atomic E-state index is 12.5. The first kappa shape index (κ1) is 61.6. The fraction of sp³-hybridized carbons (Fsp3) is 0.930. The standard InChI is InChI=1S/C57H111NO5/c1-3-5-7-9-11-13-15-17-19-21-22-23-24-26-29-33-37-41-45-49-55(60)54(53-59)58-56(61)50-46-42-38-34-30-28-32-36-40-44-48-52-63-57(62)51-47-43-39-35-31-27-25-20-18-16-14-12-10-8-6-4-2/h45,49,54-55,59-60H,3-44,46-48,50-53H2,1-2H3,(H,58,61)/b49-45+. The lowest BCUT2D eigenvalue weighted by Crippen LogP contribution is -2.45. The van der Waals surface area contributed by atoms with Crippen molar-refractivity contribution in [2.24, 2.45) is 0 Å². The molecule has 2 unspecified atom stereocenters. The fourth-order valence-electron chi connectivity index (χ4n) is 8.93. The van der Waals surface area contributed by atoms with Crippen LogP contribution in [0.3, 0.4) is 0 Å². The second kappa shape index (κ2) is 53.2. The summed E-state index contributed by atoms with van der Waals surface area (Å²) in [6.45, 7) is 4.89. The van der Waals surface area contributed by atoms with E-state index in [1.54, 1.807) is 6.08 Å². The predicted octanol–water partition coefficient (Wildman–Crippen LogP) is 17.3. The highest BCUT2D eigenvalue weighted by Crippen LogP contribution is 2.17. The number of nitrogens with one attached hydrogen (secondary N) is 1. The molecule has 0 aliphatic rings. The second-order valence-corrected chi connectivity index (χ2v) is 19.6. The molecule has 0 radical (unpaired) electrons. The number of hydrogen-bond donors (Lipinski definition) is 3. The van der Waals surface area contributed by atoms with Gasteiger partial charge in [-0.1, -0.05) is 283 Å². The van der Waals surface area contributed by atoms with Crippen LogP contribution in [0, 0.1) is 0 Å². The third-order valence-electron chi connectivity index (χ3n) is 13.3. The molecular weight excluding hydrogens is 779 g/mol. The number of ether oxygens (including phenoxy) is 1. The summed E-state index contributed by atoms with van der Waals surface area (Å²) in [5, 5.41) is 23.1. The molecule has 3 N–H and O–H groups in total. The Labute approximate surface area is 393 Å². The summed E-state index contributed by atoms with van der Waals surface area (Å²) in [6, 6.07) is -0.641. The zero-order valence-electron chi connectivity index (χ0n) is 42.6. The van der Waals surface area contributed by atoms with Gasteiger partial charge >= 0.3 is 5.97 Å². The summed E-state index contributed by atoms with van der Waals surface area (Å²) in [4.78, 5) is 24.5. The van der Waals surface area contributed by atoms with Crippen LogP contribution in [0.5, 0.6) is 0 Å². The van der Waals surface area contributed by atoms with E-state index in [0.717, 1.165) is 57.8 Å². The molecule has 0 fully saturated rings. The van der Waals surface area contributed by atoms with Crippen molar-refractivity contribution in [2.75, 3.05) is 13.2 Å². The Balaban J connectivity index is 3.48. The number of unbranched alkanes of at least 4 members (excludes halogenated alkanes) is 42. The van der Waals surface area contributed by atoms with E-state index in [-0.39, 0.29) is 18.5 Å². The minimum absolute atomic E-state index is 0.0112. The van der Waals surface area contributed by atoms with Crippen LogP contribution in [-0.2, 0) is 14.3 Å². The molecule has 0 rings (SSSR count). The zero-order valence-corrected chi connectivity index (χ0v) is 42.6. The normalized spacial score (nSPS) is 12.6. The molecule has 374 valence electrons. The van der Waals surface area contributed by atoms with Crippen molar-refractivity contribution >= 4 is 11.9 Å². The largest absolute Gasteiger partial charge is 0.466 e. The Morgan fingerprint density at radius 2 is 0.730 bits per heavy atom. The molecule has 0 aromatic carbocycles. The highest BCUT2D eigenvalue weighted by Gasteiger charge is 2.18. The van der Waals surface area contributed by atoms with Crippen molar-refractivity contribution < 1.29 is 24.5 Å². The summed E-state index contributed by atoms with van der Waals surface area (Å²) >= 11 is 0. The predicted molar refractivity (Wildman–Crippen MR) is 273 cm³/mol. The first-order valence-electron chi connectivity index (χ1n) is 28.5. The van der Waals surface area contributed by atoms with E-state index >= 15 is 0 Å². The monoisotopic (exact) mass is 890 g/mol. The number of carbonyl (C=O) groups excluding carboxylic acids is 2. The molecular formula is C57H111NO5. The Kier molecular flexibility index (Phi) is 52.0. The van der Waals surface area contributed by atoms with Gasteiger partial charge in [-0.3, -0.25) is 9.59 Å². The molecule has 0 spiro atoms. The number of rotatable bonds is 53. The van der Waals surface area contributed by atoms with E-state index < -0.39 is 12.1 Å². The van der Waals surface area contributed by atoms with E-state index in [2.05, 4.69) is 19.2 Å². The molecule has 6 heteroatoms. The molecule has 0 bridgehead atoms. The number of aliphatic hydroxyl groups is 2. The Morgan fingerprint density at radius 1 is 0.429 bits per heavy atom. The summed E-state index contributed by atoms with van der Waals surface area (Å²) in [6.07, 6.45) is 62.2. The van der Waals surface area contributed by atoms with Crippen molar-refractivity contribution in [3.8, 4) is 0 Å². The highest BCUT2D eigenvalue weighted by molar-refractivity contribution is 5.76. The van der Waals surface area contributed by atoms with Crippen LogP contribution in [0.25, 0.3) is 0 Å². The maximum absolute atomic E-state index is 12.5. The summed E-state index contributed by atoms with van der Waals surface area (Å²) in [5.41, 5.74) is 0. The highest BCUT2D eigenvalue weighted by atomic mass is 16.5.